The number of H-pyrrole nitrogens is 1. The summed E-state index contributed by atoms with van der Waals surface area (Å²) in [4.78, 5) is 14.8. The Morgan fingerprint density at radius 2 is 2.06 bits per heavy atom. The average molecular weight is 283 g/mol. The molecule has 0 bridgehead atoms. The van der Waals surface area contributed by atoms with E-state index in [0.29, 0.717) is 0 Å². The van der Waals surface area contributed by atoms with Gasteiger partial charge in [0.05, 0.1) is 11.0 Å². The van der Waals surface area contributed by atoms with Crippen LogP contribution in [0.1, 0.15) is 32.7 Å². The van der Waals surface area contributed by atoms with Gasteiger partial charge in [-0.25, -0.2) is 4.79 Å². The Morgan fingerprint density at radius 1 is 1.38 bits per heavy atom. The predicted molar refractivity (Wildman–Crippen MR) is 69.9 cm³/mol. The van der Waals surface area contributed by atoms with E-state index in [1.165, 1.54) is 0 Å². The van der Waals surface area contributed by atoms with Gasteiger partial charge in [-0.1, -0.05) is 29.8 Å². The summed E-state index contributed by atoms with van der Waals surface area (Å²) in [6.07, 6.45) is 1.94. The van der Waals surface area contributed by atoms with Crippen LogP contribution in [0.5, 0.6) is 0 Å². The number of benzene rings is 1. The molecule has 2 aromatic rings. The fourth-order valence-electron chi connectivity index (χ4n) is 2.11. The zero-order valence-electron chi connectivity index (χ0n) is 9.46. The van der Waals surface area contributed by atoms with E-state index in [-0.39, 0.29) is 11.7 Å². The van der Waals surface area contributed by atoms with Crippen molar-refractivity contribution in [1.82, 2.24) is 9.55 Å². The molecule has 0 atom stereocenters. The Kier molecular flexibility index (Phi) is 3.19. The Balaban J connectivity index is 2.71. The maximum atomic E-state index is 11.9. The third-order valence-electron chi connectivity index (χ3n) is 2.99. The molecule has 0 aliphatic heterocycles. The van der Waals surface area contributed by atoms with E-state index in [4.69, 9.17) is 0 Å². The predicted octanol–water partition coefficient (Wildman–Crippen LogP) is 3.45. The van der Waals surface area contributed by atoms with Gasteiger partial charge in [0.25, 0.3) is 0 Å². The zero-order chi connectivity index (χ0) is 11.7. The molecule has 1 N–H and O–H groups in total. The van der Waals surface area contributed by atoms with Crippen LogP contribution in [-0.2, 0) is 0 Å². The molecule has 16 heavy (non-hydrogen) atoms. The number of hydrogen-bond donors (Lipinski definition) is 1. The lowest BCUT2D eigenvalue weighted by Gasteiger charge is -2.14. The summed E-state index contributed by atoms with van der Waals surface area (Å²) >= 11 is 3.44. The quantitative estimate of drug-likeness (QED) is 0.920. The van der Waals surface area contributed by atoms with Gasteiger partial charge in [-0.3, -0.25) is 4.57 Å². The van der Waals surface area contributed by atoms with Crippen LogP contribution < -0.4 is 5.69 Å². The lowest BCUT2D eigenvalue weighted by Crippen LogP contribution is -2.21. The van der Waals surface area contributed by atoms with Gasteiger partial charge in [0.1, 0.15) is 0 Å². The van der Waals surface area contributed by atoms with Crippen LogP contribution in [0.25, 0.3) is 11.0 Å². The number of fused-ring (bicyclic) bond motifs is 1. The smallest absolute Gasteiger partial charge is 0.306 e. The fraction of sp³-hybridized carbons (Fsp3) is 0.417. The highest BCUT2D eigenvalue weighted by molar-refractivity contribution is 9.10. The molecule has 0 amide bonds. The van der Waals surface area contributed by atoms with Gasteiger partial charge in [-0.15, -0.1) is 0 Å². The number of rotatable bonds is 3. The number of halogens is 1. The molecule has 0 saturated heterocycles. The number of nitrogens with zero attached hydrogens (tertiary/aromatic N) is 1. The molecule has 4 heteroatoms. The van der Waals surface area contributed by atoms with Crippen molar-refractivity contribution in [2.75, 3.05) is 0 Å². The number of imidazole rings is 1. The topological polar surface area (TPSA) is 37.8 Å². The molecular weight excluding hydrogens is 268 g/mol. The van der Waals surface area contributed by atoms with Crippen LogP contribution in [0.4, 0.5) is 0 Å². The summed E-state index contributed by atoms with van der Waals surface area (Å²) < 4.78 is 2.86. The molecule has 0 fully saturated rings. The molecule has 0 saturated carbocycles. The maximum absolute atomic E-state index is 11.9. The SMILES string of the molecule is CCC(CC)n1c(=O)[nH]c2ccc(Br)cc21. The van der Waals surface area contributed by atoms with E-state index in [1.54, 1.807) is 0 Å². The lowest BCUT2D eigenvalue weighted by molar-refractivity contribution is 0.471. The van der Waals surface area contributed by atoms with Crippen molar-refractivity contribution in [2.45, 2.75) is 32.7 Å². The second-order valence-corrected chi connectivity index (χ2v) is 4.85. The van der Waals surface area contributed by atoms with Crippen molar-refractivity contribution in [3.63, 3.8) is 0 Å². The molecule has 0 unspecified atom stereocenters. The normalized spacial score (nSPS) is 11.5. The first-order valence-corrected chi connectivity index (χ1v) is 6.36. The van der Waals surface area contributed by atoms with Crippen LogP contribution >= 0.6 is 15.9 Å². The third kappa shape index (κ3) is 1.82. The summed E-state index contributed by atoms with van der Waals surface area (Å²) in [7, 11) is 0. The van der Waals surface area contributed by atoms with Crippen LogP contribution in [0.2, 0.25) is 0 Å². The molecule has 2 rings (SSSR count). The van der Waals surface area contributed by atoms with Crippen molar-refractivity contribution >= 4 is 27.0 Å². The van der Waals surface area contributed by atoms with Gasteiger partial charge in [0, 0.05) is 10.5 Å². The Labute approximate surface area is 103 Å². The van der Waals surface area contributed by atoms with E-state index < -0.39 is 0 Å². The standard InChI is InChI=1S/C12H15BrN2O/c1-3-9(4-2)15-11-7-8(13)5-6-10(11)14-12(15)16/h5-7,9H,3-4H2,1-2H3,(H,14,16). The minimum atomic E-state index is -0.0122. The van der Waals surface area contributed by atoms with Crippen LogP contribution in [0.15, 0.2) is 27.5 Å². The van der Waals surface area contributed by atoms with Crippen molar-refractivity contribution in [1.29, 1.82) is 0 Å². The second kappa shape index (κ2) is 4.45. The highest BCUT2D eigenvalue weighted by Gasteiger charge is 2.13. The molecule has 1 aromatic carbocycles. The minimum absolute atomic E-state index is 0.0122. The van der Waals surface area contributed by atoms with Gasteiger partial charge in [0.15, 0.2) is 0 Å². The van der Waals surface area contributed by atoms with Gasteiger partial charge in [-0.2, -0.15) is 0 Å². The molecule has 0 aliphatic carbocycles. The van der Waals surface area contributed by atoms with Crippen molar-refractivity contribution in [3.8, 4) is 0 Å². The van der Waals surface area contributed by atoms with E-state index >= 15 is 0 Å². The first kappa shape index (κ1) is 11.5. The number of aromatic amines is 1. The number of hydrogen-bond acceptors (Lipinski definition) is 1. The van der Waals surface area contributed by atoms with Gasteiger partial charge in [-0.05, 0) is 31.0 Å². The van der Waals surface area contributed by atoms with Crippen molar-refractivity contribution < 1.29 is 0 Å². The maximum Gasteiger partial charge on any atom is 0.326 e. The Hall–Kier alpha value is -1.03. The minimum Gasteiger partial charge on any atom is -0.306 e. The Morgan fingerprint density at radius 3 is 2.69 bits per heavy atom. The fourth-order valence-corrected chi connectivity index (χ4v) is 2.46. The van der Waals surface area contributed by atoms with Crippen molar-refractivity contribution in [3.05, 3.63) is 33.2 Å². The third-order valence-corrected chi connectivity index (χ3v) is 3.48. The molecule has 0 spiro atoms. The number of nitrogens with one attached hydrogen (secondary N) is 1. The van der Waals surface area contributed by atoms with E-state index in [9.17, 15) is 4.79 Å². The monoisotopic (exact) mass is 282 g/mol. The van der Waals surface area contributed by atoms with Crippen LogP contribution in [0, 0.1) is 0 Å². The molecule has 0 aliphatic rings. The molecular formula is C12H15BrN2O. The van der Waals surface area contributed by atoms with Gasteiger partial charge in [0.2, 0.25) is 0 Å². The highest BCUT2D eigenvalue weighted by Crippen LogP contribution is 2.22. The Bertz CT molecular complexity index is 552. The van der Waals surface area contributed by atoms with E-state index in [2.05, 4.69) is 34.8 Å². The van der Waals surface area contributed by atoms with E-state index in [1.807, 2.05) is 22.8 Å². The zero-order valence-corrected chi connectivity index (χ0v) is 11.0. The van der Waals surface area contributed by atoms with Gasteiger partial charge < -0.3 is 4.98 Å². The summed E-state index contributed by atoms with van der Waals surface area (Å²) in [6.45, 7) is 4.22. The molecule has 1 aromatic heterocycles. The van der Waals surface area contributed by atoms with Crippen molar-refractivity contribution in [2.24, 2.45) is 0 Å². The van der Waals surface area contributed by atoms with Gasteiger partial charge >= 0.3 is 5.69 Å². The number of aromatic nitrogens is 2. The average Bonchev–Trinajstić information content (AvgIpc) is 2.58. The lowest BCUT2D eigenvalue weighted by atomic mass is 10.1. The molecule has 3 nitrogen and oxygen atoms in total. The summed E-state index contributed by atoms with van der Waals surface area (Å²) in [5, 5.41) is 0. The summed E-state index contributed by atoms with van der Waals surface area (Å²) in [5.41, 5.74) is 1.87. The second-order valence-electron chi connectivity index (χ2n) is 3.93. The summed E-state index contributed by atoms with van der Waals surface area (Å²) in [6, 6.07) is 6.14. The molecule has 0 radical (unpaired) electrons. The molecule has 86 valence electrons. The van der Waals surface area contributed by atoms with E-state index in [0.717, 1.165) is 28.3 Å². The van der Waals surface area contributed by atoms with Crippen LogP contribution in [-0.4, -0.2) is 9.55 Å². The highest BCUT2D eigenvalue weighted by atomic mass is 79.9. The first-order chi connectivity index (χ1) is 7.67. The summed E-state index contributed by atoms with van der Waals surface area (Å²) in [5.74, 6) is 0. The first-order valence-electron chi connectivity index (χ1n) is 5.57. The molecule has 1 heterocycles. The largest absolute Gasteiger partial charge is 0.326 e. The van der Waals surface area contributed by atoms with Crippen LogP contribution in [0.3, 0.4) is 0 Å².